The second kappa shape index (κ2) is 5.93. The van der Waals surface area contributed by atoms with Crippen LogP contribution in [0.1, 0.15) is 18.4 Å². The van der Waals surface area contributed by atoms with E-state index in [4.69, 9.17) is 0 Å². The van der Waals surface area contributed by atoms with Crippen molar-refractivity contribution in [3.8, 4) is 0 Å². The number of hydrogen-bond acceptors (Lipinski definition) is 4. The quantitative estimate of drug-likeness (QED) is 0.652. The number of likely N-dealkylation sites (N-methyl/N-ethyl adjacent to an activating group) is 1. The number of nitro groups is 1. The maximum atomic E-state index is 10.6. The van der Waals surface area contributed by atoms with Gasteiger partial charge in [-0.3, -0.25) is 15.0 Å². The Hall–Kier alpha value is -1.46. The van der Waals surface area contributed by atoms with Gasteiger partial charge in [-0.05, 0) is 32.0 Å². The monoisotopic (exact) mass is 249 g/mol. The van der Waals surface area contributed by atoms with Gasteiger partial charge in [0.1, 0.15) is 0 Å². The number of nitrogens with one attached hydrogen (secondary N) is 1. The van der Waals surface area contributed by atoms with Crippen LogP contribution in [0.5, 0.6) is 0 Å². The summed E-state index contributed by atoms with van der Waals surface area (Å²) in [5, 5.41) is 14.0. The van der Waals surface area contributed by atoms with Crippen LogP contribution >= 0.6 is 0 Å². The van der Waals surface area contributed by atoms with Crippen LogP contribution in [0.3, 0.4) is 0 Å². The van der Waals surface area contributed by atoms with Crippen LogP contribution in [-0.2, 0) is 6.54 Å². The lowest BCUT2D eigenvalue weighted by Gasteiger charge is -2.31. The molecule has 98 valence electrons. The van der Waals surface area contributed by atoms with Crippen LogP contribution in [0.25, 0.3) is 0 Å². The molecule has 1 N–H and O–H groups in total. The fourth-order valence-corrected chi connectivity index (χ4v) is 2.35. The molecule has 0 radical (unpaired) electrons. The maximum absolute atomic E-state index is 10.6. The Balaban J connectivity index is 1.93. The molecule has 1 fully saturated rings. The van der Waals surface area contributed by atoms with Crippen LogP contribution < -0.4 is 5.32 Å². The van der Waals surface area contributed by atoms with E-state index in [2.05, 4.69) is 17.3 Å². The zero-order valence-electron chi connectivity index (χ0n) is 10.6. The van der Waals surface area contributed by atoms with Crippen molar-refractivity contribution in [2.45, 2.75) is 25.4 Å². The van der Waals surface area contributed by atoms with E-state index in [-0.39, 0.29) is 10.6 Å². The summed E-state index contributed by atoms with van der Waals surface area (Å²) in [6.07, 6.45) is 2.44. The van der Waals surface area contributed by atoms with E-state index < -0.39 is 0 Å². The van der Waals surface area contributed by atoms with E-state index >= 15 is 0 Å². The van der Waals surface area contributed by atoms with Gasteiger partial charge in [-0.15, -0.1) is 0 Å². The summed E-state index contributed by atoms with van der Waals surface area (Å²) in [5.41, 5.74) is 1.27. The zero-order valence-corrected chi connectivity index (χ0v) is 10.6. The minimum absolute atomic E-state index is 0.153. The highest BCUT2D eigenvalue weighted by Gasteiger charge is 2.17. The maximum Gasteiger partial charge on any atom is 0.269 e. The van der Waals surface area contributed by atoms with E-state index in [9.17, 15) is 10.1 Å². The van der Waals surface area contributed by atoms with Crippen LogP contribution in [-0.4, -0.2) is 36.0 Å². The van der Waals surface area contributed by atoms with Crippen LogP contribution in [0.15, 0.2) is 24.3 Å². The molecule has 1 aliphatic heterocycles. The second-order valence-electron chi connectivity index (χ2n) is 4.84. The second-order valence-corrected chi connectivity index (χ2v) is 4.84. The number of hydrogen-bond donors (Lipinski definition) is 1. The number of nitro benzene ring substituents is 1. The van der Waals surface area contributed by atoms with Gasteiger partial charge >= 0.3 is 0 Å². The molecule has 1 saturated heterocycles. The summed E-state index contributed by atoms with van der Waals surface area (Å²) < 4.78 is 0. The SMILES string of the molecule is CN(Cc1ccc([N+](=O)[O-])cc1)C1CCCNC1. The number of non-ortho nitro benzene ring substituents is 1. The highest BCUT2D eigenvalue weighted by atomic mass is 16.6. The highest BCUT2D eigenvalue weighted by molar-refractivity contribution is 5.32. The predicted molar refractivity (Wildman–Crippen MR) is 70.5 cm³/mol. The summed E-state index contributed by atoms with van der Waals surface area (Å²) in [7, 11) is 2.11. The first kappa shape index (κ1) is 13.0. The molecule has 1 atom stereocenters. The van der Waals surface area contributed by atoms with Crippen molar-refractivity contribution in [1.82, 2.24) is 10.2 Å². The van der Waals surface area contributed by atoms with Gasteiger partial charge in [-0.2, -0.15) is 0 Å². The minimum Gasteiger partial charge on any atom is -0.315 e. The fraction of sp³-hybridized carbons (Fsp3) is 0.538. The number of rotatable bonds is 4. The molecular formula is C13H19N3O2. The molecule has 0 aliphatic carbocycles. The molecule has 0 saturated carbocycles. The molecule has 1 unspecified atom stereocenters. The molecule has 1 aromatic rings. The molecule has 2 rings (SSSR count). The van der Waals surface area contributed by atoms with Gasteiger partial charge in [0, 0.05) is 31.3 Å². The molecule has 0 aromatic heterocycles. The van der Waals surface area contributed by atoms with Gasteiger partial charge in [-0.25, -0.2) is 0 Å². The largest absolute Gasteiger partial charge is 0.315 e. The van der Waals surface area contributed by atoms with E-state index in [0.29, 0.717) is 6.04 Å². The van der Waals surface area contributed by atoms with Gasteiger partial charge in [0.15, 0.2) is 0 Å². The number of benzene rings is 1. The van der Waals surface area contributed by atoms with E-state index in [0.717, 1.165) is 25.2 Å². The predicted octanol–water partition coefficient (Wildman–Crippen LogP) is 1.78. The lowest BCUT2D eigenvalue weighted by molar-refractivity contribution is -0.384. The minimum atomic E-state index is -0.363. The zero-order chi connectivity index (χ0) is 13.0. The lowest BCUT2D eigenvalue weighted by Crippen LogP contribution is -2.43. The first-order valence-corrected chi connectivity index (χ1v) is 6.31. The summed E-state index contributed by atoms with van der Waals surface area (Å²) >= 11 is 0. The van der Waals surface area contributed by atoms with Crippen LogP contribution in [0.2, 0.25) is 0 Å². The average Bonchev–Trinajstić information content (AvgIpc) is 2.40. The van der Waals surface area contributed by atoms with E-state index in [1.165, 1.54) is 12.8 Å². The molecule has 5 heteroatoms. The van der Waals surface area contributed by atoms with Crippen molar-refractivity contribution in [3.05, 3.63) is 39.9 Å². The van der Waals surface area contributed by atoms with Crippen molar-refractivity contribution in [2.24, 2.45) is 0 Å². The summed E-state index contributed by atoms with van der Waals surface area (Å²) in [6, 6.07) is 7.38. The average molecular weight is 249 g/mol. The Morgan fingerprint density at radius 3 is 2.72 bits per heavy atom. The normalized spacial score (nSPS) is 20.0. The van der Waals surface area contributed by atoms with E-state index in [1.807, 2.05) is 12.1 Å². The van der Waals surface area contributed by atoms with Crippen molar-refractivity contribution in [3.63, 3.8) is 0 Å². The number of piperidine rings is 1. The molecule has 1 heterocycles. The Morgan fingerprint density at radius 1 is 1.44 bits per heavy atom. The fourth-order valence-electron chi connectivity index (χ4n) is 2.35. The molecular weight excluding hydrogens is 230 g/mol. The Bertz CT molecular complexity index is 399. The van der Waals surface area contributed by atoms with Crippen LogP contribution in [0.4, 0.5) is 5.69 Å². The highest BCUT2D eigenvalue weighted by Crippen LogP contribution is 2.15. The first-order valence-electron chi connectivity index (χ1n) is 6.31. The van der Waals surface area contributed by atoms with Gasteiger partial charge < -0.3 is 5.32 Å². The molecule has 18 heavy (non-hydrogen) atoms. The Kier molecular flexibility index (Phi) is 4.28. The molecule has 0 spiro atoms. The third-order valence-corrected chi connectivity index (χ3v) is 3.47. The third-order valence-electron chi connectivity index (χ3n) is 3.47. The van der Waals surface area contributed by atoms with Crippen molar-refractivity contribution in [1.29, 1.82) is 0 Å². The lowest BCUT2D eigenvalue weighted by atomic mass is 10.1. The van der Waals surface area contributed by atoms with Crippen molar-refractivity contribution < 1.29 is 4.92 Å². The molecule has 5 nitrogen and oxygen atoms in total. The molecule has 1 aromatic carbocycles. The molecule has 1 aliphatic rings. The van der Waals surface area contributed by atoms with Crippen LogP contribution in [0, 0.1) is 10.1 Å². The van der Waals surface area contributed by atoms with Gasteiger partial charge in [0.05, 0.1) is 4.92 Å². The van der Waals surface area contributed by atoms with Crippen molar-refractivity contribution in [2.75, 3.05) is 20.1 Å². The summed E-state index contributed by atoms with van der Waals surface area (Å²) in [4.78, 5) is 12.5. The third kappa shape index (κ3) is 3.27. The van der Waals surface area contributed by atoms with Gasteiger partial charge in [0.2, 0.25) is 0 Å². The molecule has 0 bridgehead atoms. The first-order chi connectivity index (χ1) is 8.66. The van der Waals surface area contributed by atoms with Gasteiger partial charge in [0.25, 0.3) is 5.69 Å². The van der Waals surface area contributed by atoms with E-state index in [1.54, 1.807) is 12.1 Å². The number of nitrogens with zero attached hydrogens (tertiary/aromatic N) is 2. The summed E-state index contributed by atoms with van der Waals surface area (Å²) in [6.45, 7) is 2.98. The van der Waals surface area contributed by atoms with Crippen molar-refractivity contribution >= 4 is 5.69 Å². The summed E-state index contributed by atoms with van der Waals surface area (Å²) in [5.74, 6) is 0. The standard InChI is InChI=1S/C13H19N3O2/c1-15(13-3-2-8-14-9-13)10-11-4-6-12(7-5-11)16(17)18/h4-7,13-14H,2-3,8-10H2,1H3. The Labute approximate surface area is 107 Å². The topological polar surface area (TPSA) is 58.4 Å². The smallest absolute Gasteiger partial charge is 0.269 e. The molecule has 0 amide bonds. The van der Waals surface area contributed by atoms with Gasteiger partial charge in [-0.1, -0.05) is 12.1 Å². The Morgan fingerprint density at radius 2 is 2.17 bits per heavy atom.